The molecule has 0 unspecified atom stereocenters. The summed E-state index contributed by atoms with van der Waals surface area (Å²) in [5.41, 5.74) is -0.175. The topological polar surface area (TPSA) is 66.9 Å². The molecule has 4 nitrogen and oxygen atoms in total. The predicted molar refractivity (Wildman–Crippen MR) is 68.3 cm³/mol. The molecule has 0 atom stereocenters. The molecule has 0 amide bonds. The first-order chi connectivity index (χ1) is 9.13. The summed E-state index contributed by atoms with van der Waals surface area (Å²) in [6, 6.07) is 12.1. The van der Waals surface area contributed by atoms with Crippen LogP contribution in [0.1, 0.15) is 5.56 Å². The number of hydrogen-bond donors (Lipinski definition) is 0. The smallest absolute Gasteiger partial charge is 0.258 e. The molecule has 2 aromatic rings. The van der Waals surface area contributed by atoms with Gasteiger partial charge in [0, 0.05) is 11.0 Å². The Labute approximate surface area is 112 Å². The molecule has 0 aliphatic heterocycles. The minimum Gasteiger partial charge on any atom is -0.258 e. The largest absolute Gasteiger partial charge is 0.283 e. The third-order valence-corrected chi connectivity index (χ3v) is 3.49. The van der Waals surface area contributed by atoms with E-state index >= 15 is 0 Å². The SMILES string of the molecule is N#Cc1c(F)cccc1Sc1ccccc1[N+](=O)[O-]. The number of hydrogen-bond acceptors (Lipinski definition) is 4. The Kier molecular flexibility index (Phi) is 3.78. The zero-order valence-electron chi connectivity index (χ0n) is 9.54. The average Bonchev–Trinajstić information content (AvgIpc) is 2.39. The molecule has 0 radical (unpaired) electrons. The van der Waals surface area contributed by atoms with Crippen molar-refractivity contribution in [3.8, 4) is 6.07 Å². The Morgan fingerprint density at radius 2 is 1.84 bits per heavy atom. The normalized spacial score (nSPS) is 9.89. The molecule has 0 fully saturated rings. The maximum atomic E-state index is 13.4. The summed E-state index contributed by atoms with van der Waals surface area (Å²) in [6.07, 6.45) is 0. The molecule has 0 heterocycles. The highest BCUT2D eigenvalue weighted by Gasteiger charge is 2.16. The second kappa shape index (κ2) is 5.50. The second-order valence-corrected chi connectivity index (χ2v) is 4.64. The molecule has 0 spiro atoms. The number of nitro benzene ring substituents is 1. The number of nitro groups is 1. The first-order valence-electron chi connectivity index (χ1n) is 5.23. The van der Waals surface area contributed by atoms with Crippen LogP contribution in [-0.2, 0) is 0 Å². The van der Waals surface area contributed by atoms with E-state index in [4.69, 9.17) is 5.26 Å². The summed E-state index contributed by atoms with van der Waals surface area (Å²) >= 11 is 1.00. The van der Waals surface area contributed by atoms with E-state index in [1.54, 1.807) is 30.3 Å². The maximum Gasteiger partial charge on any atom is 0.283 e. The Hall–Kier alpha value is -2.39. The lowest BCUT2D eigenvalue weighted by atomic mass is 10.2. The first kappa shape index (κ1) is 13.1. The van der Waals surface area contributed by atoms with Crippen LogP contribution in [0.2, 0.25) is 0 Å². The lowest BCUT2D eigenvalue weighted by Crippen LogP contribution is -1.91. The summed E-state index contributed by atoms with van der Waals surface area (Å²) in [4.78, 5) is 11.1. The van der Waals surface area contributed by atoms with E-state index in [1.165, 1.54) is 18.2 Å². The van der Waals surface area contributed by atoms with Gasteiger partial charge in [0.1, 0.15) is 17.4 Å². The van der Waals surface area contributed by atoms with Gasteiger partial charge in [-0.1, -0.05) is 30.0 Å². The van der Waals surface area contributed by atoms with E-state index in [1.807, 2.05) is 0 Å². The van der Waals surface area contributed by atoms with Gasteiger partial charge >= 0.3 is 0 Å². The van der Waals surface area contributed by atoms with E-state index in [9.17, 15) is 14.5 Å². The van der Waals surface area contributed by atoms with Gasteiger partial charge in [-0.15, -0.1) is 0 Å². The molecule has 19 heavy (non-hydrogen) atoms. The van der Waals surface area contributed by atoms with Crippen LogP contribution >= 0.6 is 11.8 Å². The molecule has 94 valence electrons. The van der Waals surface area contributed by atoms with Crippen LogP contribution in [0.5, 0.6) is 0 Å². The minimum absolute atomic E-state index is 0.0688. The van der Waals surface area contributed by atoms with Crippen LogP contribution < -0.4 is 0 Å². The lowest BCUT2D eigenvalue weighted by molar-refractivity contribution is -0.387. The molecule has 2 rings (SSSR count). The van der Waals surface area contributed by atoms with Gasteiger partial charge < -0.3 is 0 Å². The van der Waals surface area contributed by atoms with Gasteiger partial charge in [0.05, 0.1) is 9.82 Å². The number of nitrogens with zero attached hydrogens (tertiary/aromatic N) is 2. The van der Waals surface area contributed by atoms with Gasteiger partial charge in [-0.25, -0.2) is 4.39 Å². The summed E-state index contributed by atoms with van der Waals surface area (Å²) in [5.74, 6) is -0.633. The number of rotatable bonds is 3. The average molecular weight is 274 g/mol. The third-order valence-electron chi connectivity index (χ3n) is 2.37. The molecule has 0 aliphatic carbocycles. The number of para-hydroxylation sites is 1. The summed E-state index contributed by atoms with van der Waals surface area (Å²) in [7, 11) is 0. The van der Waals surface area contributed by atoms with Gasteiger partial charge in [0.25, 0.3) is 5.69 Å². The lowest BCUT2D eigenvalue weighted by Gasteiger charge is -2.05. The van der Waals surface area contributed by atoms with E-state index in [-0.39, 0.29) is 11.3 Å². The Bertz CT molecular complexity index is 683. The summed E-state index contributed by atoms with van der Waals surface area (Å²) < 4.78 is 13.4. The minimum atomic E-state index is -0.633. The van der Waals surface area contributed by atoms with Crippen molar-refractivity contribution in [1.82, 2.24) is 0 Å². The van der Waals surface area contributed by atoms with Crippen molar-refractivity contribution >= 4 is 17.4 Å². The van der Waals surface area contributed by atoms with Crippen LogP contribution in [-0.4, -0.2) is 4.92 Å². The molecule has 0 saturated carbocycles. The standard InChI is InChI=1S/C13H7FN2O2S/c14-10-4-3-7-12(9(10)8-15)19-13-6-2-1-5-11(13)16(17)18/h1-7H. The van der Waals surface area contributed by atoms with Crippen molar-refractivity contribution in [1.29, 1.82) is 5.26 Å². The summed E-state index contributed by atoms with van der Waals surface area (Å²) in [6.45, 7) is 0. The van der Waals surface area contributed by atoms with Crippen LogP contribution in [0.3, 0.4) is 0 Å². The van der Waals surface area contributed by atoms with E-state index in [2.05, 4.69) is 0 Å². The zero-order valence-corrected chi connectivity index (χ0v) is 10.4. The van der Waals surface area contributed by atoms with Crippen LogP contribution in [0.4, 0.5) is 10.1 Å². The Morgan fingerprint density at radius 3 is 2.53 bits per heavy atom. The van der Waals surface area contributed by atoms with Gasteiger partial charge in [0.15, 0.2) is 0 Å². The fraction of sp³-hybridized carbons (Fsp3) is 0. The Morgan fingerprint density at radius 1 is 1.16 bits per heavy atom. The summed E-state index contributed by atoms with van der Waals surface area (Å²) in [5, 5.41) is 19.8. The predicted octanol–water partition coefficient (Wildman–Crippen LogP) is 3.76. The van der Waals surface area contributed by atoms with Crippen LogP contribution in [0, 0.1) is 27.3 Å². The highest BCUT2D eigenvalue weighted by atomic mass is 32.2. The monoisotopic (exact) mass is 274 g/mol. The molecule has 0 saturated heterocycles. The second-order valence-electron chi connectivity index (χ2n) is 3.55. The third kappa shape index (κ3) is 2.72. The molecular weight excluding hydrogens is 267 g/mol. The molecule has 0 bridgehead atoms. The Balaban J connectivity index is 2.46. The van der Waals surface area contributed by atoms with Crippen molar-refractivity contribution in [2.24, 2.45) is 0 Å². The number of benzene rings is 2. The van der Waals surface area contributed by atoms with Gasteiger partial charge in [-0.3, -0.25) is 10.1 Å². The fourth-order valence-corrected chi connectivity index (χ4v) is 2.53. The highest BCUT2D eigenvalue weighted by molar-refractivity contribution is 7.99. The van der Waals surface area contributed by atoms with Crippen molar-refractivity contribution in [2.75, 3.05) is 0 Å². The van der Waals surface area contributed by atoms with Crippen molar-refractivity contribution in [3.05, 3.63) is 64.0 Å². The fourth-order valence-electron chi connectivity index (χ4n) is 1.51. The van der Waals surface area contributed by atoms with E-state index < -0.39 is 10.7 Å². The van der Waals surface area contributed by atoms with Gasteiger partial charge in [0.2, 0.25) is 0 Å². The van der Waals surface area contributed by atoms with Gasteiger partial charge in [-0.2, -0.15) is 5.26 Å². The maximum absolute atomic E-state index is 13.4. The van der Waals surface area contributed by atoms with E-state index in [0.29, 0.717) is 9.79 Å². The van der Waals surface area contributed by atoms with Crippen LogP contribution in [0.25, 0.3) is 0 Å². The number of halogens is 1. The zero-order chi connectivity index (χ0) is 13.8. The molecule has 0 aliphatic rings. The van der Waals surface area contributed by atoms with E-state index in [0.717, 1.165) is 11.8 Å². The van der Waals surface area contributed by atoms with Crippen molar-refractivity contribution in [3.63, 3.8) is 0 Å². The van der Waals surface area contributed by atoms with Gasteiger partial charge in [-0.05, 0) is 18.2 Å². The molecular formula is C13H7FN2O2S. The molecule has 6 heteroatoms. The number of nitriles is 1. The van der Waals surface area contributed by atoms with Crippen LogP contribution in [0.15, 0.2) is 52.3 Å². The quantitative estimate of drug-likeness (QED) is 0.631. The highest BCUT2D eigenvalue weighted by Crippen LogP contribution is 2.36. The first-order valence-corrected chi connectivity index (χ1v) is 6.05. The van der Waals surface area contributed by atoms with Crippen molar-refractivity contribution < 1.29 is 9.31 Å². The molecule has 2 aromatic carbocycles. The van der Waals surface area contributed by atoms with Crippen molar-refractivity contribution in [2.45, 2.75) is 9.79 Å². The molecule has 0 aromatic heterocycles. The molecule has 0 N–H and O–H groups in total.